The van der Waals surface area contributed by atoms with Crippen molar-refractivity contribution in [3.05, 3.63) is 0 Å². The molecule has 0 radical (unpaired) electrons. The zero-order valence-electron chi connectivity index (χ0n) is 4.55. The molecule has 0 saturated carbocycles. The monoisotopic (exact) mass is 208 g/mol. The van der Waals surface area contributed by atoms with Crippen molar-refractivity contribution in [2.75, 3.05) is 0 Å². The molecule has 4 nitrogen and oxygen atoms in total. The van der Waals surface area contributed by atoms with Gasteiger partial charge < -0.3 is 1.43 Å². The van der Waals surface area contributed by atoms with Crippen LogP contribution in [-0.4, -0.2) is 4.19 Å². The molecule has 0 aliphatic rings. The van der Waals surface area contributed by atoms with E-state index in [-0.39, 0.29) is 74.5 Å². The zero-order valence-corrected chi connectivity index (χ0v) is 9.42. The summed E-state index contributed by atoms with van der Waals surface area (Å²) in [7, 11) is 0. The summed E-state index contributed by atoms with van der Waals surface area (Å²) < 4.78 is 33.1. The van der Waals surface area contributed by atoms with Crippen LogP contribution in [0.15, 0.2) is 0 Å². The third kappa shape index (κ3) is 64.2. The Kier molecular flexibility index (Phi) is 14.6. The molecule has 0 spiro atoms. The van der Waals surface area contributed by atoms with E-state index in [2.05, 4.69) is 0 Å². The van der Waals surface area contributed by atoms with Crippen LogP contribution >= 0.6 is 0 Å². The standard InChI is InChI=1S/K.Mn.H2O.3O.Ti.H/h;;1H2;;;;;/q2*+1;;;;;;-1/p-1. The van der Waals surface area contributed by atoms with Gasteiger partial charge in [-0.25, -0.2) is 0 Å². The Hall–Kier alpha value is 2.23. The van der Waals surface area contributed by atoms with E-state index in [1.807, 2.05) is 0 Å². The molecule has 0 aromatic heterocycles. The first-order valence-corrected chi connectivity index (χ1v) is 2.61. The summed E-state index contributed by atoms with van der Waals surface area (Å²) in [5.41, 5.74) is 0. The predicted octanol–water partition coefficient (Wildman–Crippen LogP) is -3.80. The van der Waals surface area contributed by atoms with Crippen molar-refractivity contribution < 1.29 is 103 Å². The Morgan fingerprint density at radius 3 is 1.29 bits per heavy atom. The van der Waals surface area contributed by atoms with Gasteiger partial charge in [-0.1, -0.05) is 0 Å². The molecule has 0 aromatic rings. The average Bonchev–Trinajstić information content (AvgIpc) is 0.722. The summed E-state index contributed by atoms with van der Waals surface area (Å²) in [6.45, 7) is 0. The maximum atomic E-state index is 8.69. The van der Waals surface area contributed by atoms with Crippen molar-refractivity contribution in [1.82, 2.24) is 0 Å². The van der Waals surface area contributed by atoms with Crippen molar-refractivity contribution >= 4 is 0 Å². The van der Waals surface area contributed by atoms with Gasteiger partial charge in [0.05, 0.1) is 0 Å². The first-order valence-electron chi connectivity index (χ1n) is 0.632. The molecule has 0 heterocycles. The van der Waals surface area contributed by atoms with Crippen LogP contribution in [0.25, 0.3) is 0 Å². The molecule has 0 aliphatic heterocycles. The molecule has 0 amide bonds. The van der Waals surface area contributed by atoms with Crippen LogP contribution < -0.4 is 51.4 Å². The van der Waals surface area contributed by atoms with Crippen LogP contribution in [-0.2, 0) is 46.2 Å². The van der Waals surface area contributed by atoms with Crippen molar-refractivity contribution in [3.63, 3.8) is 0 Å². The number of rotatable bonds is 0. The Morgan fingerprint density at radius 1 is 1.29 bits per heavy atom. The second-order valence-electron chi connectivity index (χ2n) is 0.396. The van der Waals surface area contributed by atoms with Crippen LogP contribution in [0, 0.1) is 0 Å². The van der Waals surface area contributed by atoms with Gasteiger partial charge in [-0.3, -0.25) is 0 Å². The molecular weight excluding hydrogens is 206 g/mol. The second-order valence-corrected chi connectivity index (χ2v) is 1.63. The van der Waals surface area contributed by atoms with Gasteiger partial charge >= 0.3 is 80.0 Å². The number of hydrogen-bond acceptors (Lipinski definition) is 3. The molecule has 7 heavy (non-hydrogen) atoms. The summed E-state index contributed by atoms with van der Waals surface area (Å²) in [5.74, 6) is 0. The van der Waals surface area contributed by atoms with Crippen molar-refractivity contribution in [2.45, 2.75) is 0 Å². The summed E-state index contributed by atoms with van der Waals surface area (Å²) in [6, 6.07) is 0. The average molecular weight is 208 g/mol. The Labute approximate surface area is 101 Å². The zero-order chi connectivity index (χ0) is 4.50. The molecule has 0 bridgehead atoms. The van der Waals surface area contributed by atoms with Crippen LogP contribution in [0.1, 0.15) is 1.43 Å². The molecule has 0 aliphatic carbocycles. The van der Waals surface area contributed by atoms with E-state index in [0.29, 0.717) is 0 Å². The Morgan fingerprint density at radius 2 is 1.29 bits per heavy atom. The first kappa shape index (κ1) is 16.1. The minimum absolute atomic E-state index is 0. The molecular formula is H2KMnO4Ti. The second kappa shape index (κ2) is 6.35. The molecule has 0 rings (SSSR count). The molecule has 0 unspecified atom stereocenters. The minimum atomic E-state index is -5.38. The van der Waals surface area contributed by atoms with Gasteiger partial charge in [0.15, 0.2) is 0 Å². The molecule has 38 valence electrons. The molecule has 0 fully saturated rings. The van der Waals surface area contributed by atoms with E-state index >= 15 is 0 Å². The summed E-state index contributed by atoms with van der Waals surface area (Å²) >= 11 is -5.38. The Bertz CT molecular complexity index is 137. The van der Waals surface area contributed by atoms with E-state index < -0.39 is 13.0 Å². The summed E-state index contributed by atoms with van der Waals surface area (Å²) in [5, 5.41) is 0. The smallest absolute Gasteiger partial charge is 0 e. The van der Waals surface area contributed by atoms with Gasteiger partial charge in [0.2, 0.25) is 0 Å². The third-order valence-corrected chi connectivity index (χ3v) is 0. The molecule has 0 atom stereocenters. The predicted molar refractivity (Wildman–Crippen MR) is 5.39 cm³/mol. The topological polar surface area (TPSA) is 71.4 Å². The largest absolute Gasteiger partial charge is 0 e. The van der Waals surface area contributed by atoms with Gasteiger partial charge in [-0.2, -0.15) is 0 Å². The molecule has 0 aromatic carbocycles. The van der Waals surface area contributed by atoms with Crippen LogP contribution in [0.5, 0.6) is 0 Å². The van der Waals surface area contributed by atoms with Crippen molar-refractivity contribution in [2.24, 2.45) is 0 Å². The van der Waals surface area contributed by atoms with Gasteiger partial charge in [0, 0.05) is 21.7 Å². The van der Waals surface area contributed by atoms with Gasteiger partial charge in [-0.05, 0) is 0 Å². The SMILES string of the molecule is [H-].[K+].[O]=[Mn](=[O])(=[O])[OH].[Ti]. The van der Waals surface area contributed by atoms with E-state index in [0.717, 1.165) is 0 Å². The van der Waals surface area contributed by atoms with E-state index in [9.17, 15) is 0 Å². The maximum absolute atomic E-state index is 8.69. The van der Waals surface area contributed by atoms with E-state index in [4.69, 9.17) is 15.7 Å². The maximum Gasteiger partial charge on any atom is 0 e. The van der Waals surface area contributed by atoms with Gasteiger partial charge in [-0.15, -0.1) is 0 Å². The van der Waals surface area contributed by atoms with Crippen LogP contribution in [0.4, 0.5) is 0 Å². The van der Waals surface area contributed by atoms with Gasteiger partial charge in [0.25, 0.3) is 0 Å². The van der Waals surface area contributed by atoms with Crippen molar-refractivity contribution in [3.8, 4) is 0 Å². The quantitative estimate of drug-likeness (QED) is 0.414. The minimum Gasteiger partial charge on any atom is 0 e. The Balaban J connectivity index is -0.0000000267. The van der Waals surface area contributed by atoms with Gasteiger partial charge in [0.1, 0.15) is 0 Å². The fourth-order valence-corrected chi connectivity index (χ4v) is 0. The third-order valence-electron chi connectivity index (χ3n) is 0. The van der Waals surface area contributed by atoms with Crippen LogP contribution in [0.3, 0.4) is 0 Å². The van der Waals surface area contributed by atoms with Crippen LogP contribution in [0.2, 0.25) is 0 Å². The van der Waals surface area contributed by atoms with E-state index in [1.165, 1.54) is 0 Å². The van der Waals surface area contributed by atoms with Crippen molar-refractivity contribution in [1.29, 1.82) is 0 Å². The summed E-state index contributed by atoms with van der Waals surface area (Å²) in [6.07, 6.45) is 0. The normalized spacial score (nSPS) is 8.14. The first-order chi connectivity index (χ1) is 2.00. The summed E-state index contributed by atoms with van der Waals surface area (Å²) in [4.78, 5) is 0. The molecule has 1 N–H and O–H groups in total. The fourth-order valence-electron chi connectivity index (χ4n) is 0. The number of hydrogen-bond donors (Lipinski definition) is 1. The molecule has 7 heteroatoms. The molecule has 0 saturated heterocycles. The van der Waals surface area contributed by atoms with E-state index in [1.54, 1.807) is 0 Å². The fraction of sp³-hybridized carbons (Fsp3) is 0.